The first-order valence-electron chi connectivity index (χ1n) is 6.07. The minimum absolute atomic E-state index is 0.148. The highest BCUT2D eigenvalue weighted by Gasteiger charge is 2.35. The highest BCUT2D eigenvalue weighted by molar-refractivity contribution is 7.98. The van der Waals surface area contributed by atoms with Crippen molar-refractivity contribution in [3.63, 3.8) is 0 Å². The second kappa shape index (κ2) is 6.06. The Hall–Kier alpha value is -1.56. The zero-order valence-electron chi connectivity index (χ0n) is 11.0. The summed E-state index contributed by atoms with van der Waals surface area (Å²) in [6.45, 7) is 0.585. The normalized spacial score (nSPS) is 18.4. The average Bonchev–Trinajstić information content (AvgIpc) is 2.95. The van der Waals surface area contributed by atoms with Crippen LogP contribution in [0.25, 0.3) is 0 Å². The highest BCUT2D eigenvalue weighted by atomic mass is 32.2. The molecule has 0 aliphatic carbocycles. The number of amides is 1. The van der Waals surface area contributed by atoms with Gasteiger partial charge in [-0.2, -0.15) is 0 Å². The van der Waals surface area contributed by atoms with E-state index in [9.17, 15) is 9.59 Å². The van der Waals surface area contributed by atoms with E-state index in [0.717, 1.165) is 6.42 Å². The predicted molar refractivity (Wildman–Crippen MR) is 72.1 cm³/mol. The molecule has 0 N–H and O–H groups in total. The van der Waals surface area contributed by atoms with Crippen LogP contribution in [-0.2, 0) is 9.53 Å². The molecule has 0 bridgehead atoms. The van der Waals surface area contributed by atoms with Gasteiger partial charge in [0, 0.05) is 12.7 Å². The summed E-state index contributed by atoms with van der Waals surface area (Å²) in [5.74, 6) is -0.495. The van der Waals surface area contributed by atoms with Crippen LogP contribution in [0.2, 0.25) is 0 Å². The summed E-state index contributed by atoms with van der Waals surface area (Å²) < 4.78 is 4.75. The van der Waals surface area contributed by atoms with Crippen LogP contribution in [0.5, 0.6) is 0 Å². The van der Waals surface area contributed by atoms with Crippen LogP contribution < -0.4 is 0 Å². The molecule has 1 saturated heterocycles. The van der Waals surface area contributed by atoms with Gasteiger partial charge in [0.05, 0.1) is 12.7 Å². The Labute approximate surface area is 116 Å². The number of pyridine rings is 1. The molecule has 1 amide bonds. The Morgan fingerprint density at radius 3 is 3.00 bits per heavy atom. The molecule has 2 heterocycles. The minimum Gasteiger partial charge on any atom is -0.467 e. The van der Waals surface area contributed by atoms with E-state index < -0.39 is 6.04 Å². The molecule has 1 aliphatic heterocycles. The molecule has 1 unspecified atom stereocenters. The van der Waals surface area contributed by atoms with Gasteiger partial charge in [0.2, 0.25) is 0 Å². The van der Waals surface area contributed by atoms with Gasteiger partial charge in [-0.1, -0.05) is 0 Å². The SMILES string of the molecule is COC(=O)C1CCCN1C(=O)c1cccnc1SC. The summed E-state index contributed by atoms with van der Waals surface area (Å²) >= 11 is 1.42. The first-order valence-corrected chi connectivity index (χ1v) is 7.29. The minimum atomic E-state index is -0.465. The van der Waals surface area contributed by atoms with Crippen molar-refractivity contribution in [2.24, 2.45) is 0 Å². The molecule has 0 spiro atoms. The maximum atomic E-state index is 12.5. The summed E-state index contributed by atoms with van der Waals surface area (Å²) in [6, 6.07) is 3.01. The summed E-state index contributed by atoms with van der Waals surface area (Å²) in [5.41, 5.74) is 0.547. The lowest BCUT2D eigenvalue weighted by molar-refractivity contribution is -0.145. The number of thioether (sulfide) groups is 1. The molecule has 19 heavy (non-hydrogen) atoms. The first kappa shape index (κ1) is 13.9. The third-order valence-corrected chi connectivity index (χ3v) is 3.89. The molecule has 0 radical (unpaired) electrons. The Bertz CT molecular complexity index is 493. The van der Waals surface area contributed by atoms with Gasteiger partial charge in [-0.05, 0) is 31.2 Å². The Morgan fingerprint density at radius 2 is 2.32 bits per heavy atom. The molecule has 2 rings (SSSR count). The lowest BCUT2D eigenvalue weighted by atomic mass is 10.2. The van der Waals surface area contributed by atoms with E-state index in [1.165, 1.54) is 18.9 Å². The van der Waals surface area contributed by atoms with Gasteiger partial charge in [0.25, 0.3) is 5.91 Å². The van der Waals surface area contributed by atoms with E-state index in [0.29, 0.717) is 23.6 Å². The maximum Gasteiger partial charge on any atom is 0.328 e. The van der Waals surface area contributed by atoms with E-state index >= 15 is 0 Å². The average molecular weight is 280 g/mol. The predicted octanol–water partition coefficient (Wildman–Crippen LogP) is 1.58. The molecule has 1 atom stereocenters. The van der Waals surface area contributed by atoms with Crippen LogP contribution in [0.15, 0.2) is 23.4 Å². The van der Waals surface area contributed by atoms with Crippen molar-refractivity contribution < 1.29 is 14.3 Å². The maximum absolute atomic E-state index is 12.5. The number of carbonyl (C=O) groups is 2. The molecule has 1 aromatic heterocycles. The van der Waals surface area contributed by atoms with Gasteiger partial charge in [0.1, 0.15) is 11.1 Å². The van der Waals surface area contributed by atoms with E-state index in [-0.39, 0.29) is 11.9 Å². The fraction of sp³-hybridized carbons (Fsp3) is 0.462. The topological polar surface area (TPSA) is 59.5 Å². The van der Waals surface area contributed by atoms with Crippen molar-refractivity contribution in [3.8, 4) is 0 Å². The van der Waals surface area contributed by atoms with Gasteiger partial charge in [-0.15, -0.1) is 11.8 Å². The number of nitrogens with zero attached hydrogens (tertiary/aromatic N) is 2. The summed E-state index contributed by atoms with van der Waals surface area (Å²) in [6.07, 6.45) is 5.01. The van der Waals surface area contributed by atoms with Crippen LogP contribution in [-0.4, -0.2) is 47.7 Å². The number of hydrogen-bond donors (Lipinski definition) is 0. The van der Waals surface area contributed by atoms with Gasteiger partial charge >= 0.3 is 5.97 Å². The van der Waals surface area contributed by atoms with Crippen LogP contribution in [0.4, 0.5) is 0 Å². The summed E-state index contributed by atoms with van der Waals surface area (Å²) in [5, 5.41) is 0.683. The quantitative estimate of drug-likeness (QED) is 0.621. The molecule has 6 heteroatoms. The van der Waals surface area contributed by atoms with Crippen molar-refractivity contribution in [1.82, 2.24) is 9.88 Å². The fourth-order valence-electron chi connectivity index (χ4n) is 2.26. The largest absolute Gasteiger partial charge is 0.467 e. The number of rotatable bonds is 3. The van der Waals surface area contributed by atoms with Gasteiger partial charge in [0.15, 0.2) is 0 Å². The second-order valence-corrected chi connectivity index (χ2v) is 5.03. The van der Waals surface area contributed by atoms with Gasteiger partial charge < -0.3 is 9.64 Å². The molecule has 5 nitrogen and oxygen atoms in total. The molecular formula is C13H16N2O3S. The van der Waals surface area contributed by atoms with E-state index in [2.05, 4.69) is 4.98 Å². The molecular weight excluding hydrogens is 264 g/mol. The number of ether oxygens (including phenoxy) is 1. The molecule has 102 valence electrons. The third-order valence-electron chi connectivity index (χ3n) is 3.18. The van der Waals surface area contributed by atoms with E-state index in [4.69, 9.17) is 4.74 Å². The Kier molecular flexibility index (Phi) is 4.42. The summed E-state index contributed by atoms with van der Waals surface area (Å²) in [4.78, 5) is 30.0. The zero-order chi connectivity index (χ0) is 13.8. The number of esters is 1. The van der Waals surface area contributed by atoms with Crippen molar-refractivity contribution >= 4 is 23.6 Å². The monoisotopic (exact) mass is 280 g/mol. The standard InChI is InChI=1S/C13H16N2O3S/c1-18-13(17)10-6-4-8-15(10)12(16)9-5-3-7-14-11(9)19-2/h3,5,7,10H,4,6,8H2,1-2H3. The Morgan fingerprint density at radius 1 is 1.53 bits per heavy atom. The number of hydrogen-bond acceptors (Lipinski definition) is 5. The van der Waals surface area contributed by atoms with Crippen molar-refractivity contribution in [2.75, 3.05) is 19.9 Å². The van der Waals surface area contributed by atoms with Crippen LogP contribution >= 0.6 is 11.8 Å². The van der Waals surface area contributed by atoms with Crippen molar-refractivity contribution in [2.45, 2.75) is 23.9 Å². The molecule has 1 aromatic rings. The Balaban J connectivity index is 2.26. The van der Waals surface area contributed by atoms with Crippen molar-refractivity contribution in [3.05, 3.63) is 23.9 Å². The van der Waals surface area contributed by atoms with E-state index in [1.807, 2.05) is 6.26 Å². The van der Waals surface area contributed by atoms with Crippen LogP contribution in [0, 0.1) is 0 Å². The van der Waals surface area contributed by atoms with Gasteiger partial charge in [-0.25, -0.2) is 9.78 Å². The highest BCUT2D eigenvalue weighted by Crippen LogP contribution is 2.24. The van der Waals surface area contributed by atoms with E-state index in [1.54, 1.807) is 23.2 Å². The lowest BCUT2D eigenvalue weighted by Crippen LogP contribution is -2.41. The van der Waals surface area contributed by atoms with Crippen LogP contribution in [0.3, 0.4) is 0 Å². The molecule has 1 aliphatic rings. The second-order valence-electron chi connectivity index (χ2n) is 4.24. The third kappa shape index (κ3) is 2.73. The number of carbonyl (C=O) groups excluding carboxylic acids is 2. The lowest BCUT2D eigenvalue weighted by Gasteiger charge is -2.23. The fourth-order valence-corrected chi connectivity index (χ4v) is 2.80. The number of likely N-dealkylation sites (tertiary alicyclic amines) is 1. The van der Waals surface area contributed by atoms with Crippen molar-refractivity contribution in [1.29, 1.82) is 0 Å². The molecule has 0 aromatic carbocycles. The van der Waals surface area contributed by atoms with Gasteiger partial charge in [-0.3, -0.25) is 4.79 Å². The summed E-state index contributed by atoms with van der Waals surface area (Å²) in [7, 11) is 1.35. The zero-order valence-corrected chi connectivity index (χ0v) is 11.8. The smallest absolute Gasteiger partial charge is 0.328 e. The number of methoxy groups -OCH3 is 1. The van der Waals surface area contributed by atoms with Crippen LogP contribution in [0.1, 0.15) is 23.2 Å². The molecule has 1 fully saturated rings. The first-order chi connectivity index (χ1) is 9.19. The number of aromatic nitrogens is 1. The molecule has 0 saturated carbocycles.